The zero-order chi connectivity index (χ0) is 20.5. The molecule has 0 saturated carbocycles. The molecule has 0 bridgehead atoms. The third-order valence-electron chi connectivity index (χ3n) is 4.64. The van der Waals surface area contributed by atoms with E-state index in [1.165, 1.54) is 11.3 Å². The highest BCUT2D eigenvalue weighted by molar-refractivity contribution is 7.20. The predicted molar refractivity (Wildman–Crippen MR) is 112 cm³/mol. The number of amides is 1. The molecular formula is C20H20ClN5O2S. The molecule has 4 aromatic rings. The molecule has 1 amide bonds. The Morgan fingerprint density at radius 1 is 1.34 bits per heavy atom. The number of hydrogen-bond acceptors (Lipinski definition) is 6. The summed E-state index contributed by atoms with van der Waals surface area (Å²) in [5.41, 5.74) is 1.87. The SMILES string of the molecule is CCc1noc(CN(C)C(=O)c2cc3c(C)nn(Cc4ccccc4Cl)c3s2)n1. The minimum atomic E-state index is -0.0915. The molecule has 0 aliphatic carbocycles. The molecule has 150 valence electrons. The van der Waals surface area contributed by atoms with E-state index in [1.54, 1.807) is 11.9 Å². The van der Waals surface area contributed by atoms with Crippen LogP contribution in [-0.4, -0.2) is 37.8 Å². The van der Waals surface area contributed by atoms with Crippen LogP contribution < -0.4 is 0 Å². The number of carbonyl (C=O) groups excluding carboxylic acids is 1. The van der Waals surface area contributed by atoms with E-state index >= 15 is 0 Å². The van der Waals surface area contributed by atoms with Gasteiger partial charge in [0.1, 0.15) is 11.4 Å². The van der Waals surface area contributed by atoms with Gasteiger partial charge in [-0.1, -0.05) is 41.9 Å². The van der Waals surface area contributed by atoms with Gasteiger partial charge in [0.25, 0.3) is 5.91 Å². The predicted octanol–water partition coefficient (Wildman–Crippen LogP) is 4.33. The molecule has 1 aromatic carbocycles. The van der Waals surface area contributed by atoms with Gasteiger partial charge in [0.2, 0.25) is 5.89 Å². The highest BCUT2D eigenvalue weighted by Crippen LogP contribution is 2.30. The zero-order valence-corrected chi connectivity index (χ0v) is 17.9. The standard InChI is InChI=1S/C20H20ClN5O2S/c1-4-17-22-18(28-24-17)11-25(3)19(27)16-9-14-12(2)23-26(20(14)29-16)10-13-7-5-6-8-15(13)21/h5-9H,4,10-11H2,1-3H3. The van der Waals surface area contributed by atoms with Crippen LogP contribution in [0.25, 0.3) is 10.2 Å². The van der Waals surface area contributed by atoms with Crippen molar-refractivity contribution < 1.29 is 9.32 Å². The Bertz CT molecular complexity index is 1180. The van der Waals surface area contributed by atoms with Crippen molar-refractivity contribution in [1.29, 1.82) is 0 Å². The number of aryl methyl sites for hydroxylation is 2. The largest absolute Gasteiger partial charge is 0.337 e. The summed E-state index contributed by atoms with van der Waals surface area (Å²) < 4.78 is 7.10. The van der Waals surface area contributed by atoms with E-state index in [1.807, 2.05) is 48.9 Å². The Morgan fingerprint density at radius 3 is 2.86 bits per heavy atom. The maximum Gasteiger partial charge on any atom is 0.264 e. The summed E-state index contributed by atoms with van der Waals surface area (Å²) in [6.45, 7) is 4.72. The molecule has 0 atom stereocenters. The van der Waals surface area contributed by atoms with Crippen molar-refractivity contribution >= 4 is 39.1 Å². The maximum atomic E-state index is 12.9. The number of thiophene rings is 1. The fourth-order valence-corrected chi connectivity index (χ4v) is 4.43. The van der Waals surface area contributed by atoms with Crippen molar-refractivity contribution in [3.8, 4) is 0 Å². The van der Waals surface area contributed by atoms with Crippen LogP contribution in [0.2, 0.25) is 5.02 Å². The van der Waals surface area contributed by atoms with Crippen LogP contribution in [0.5, 0.6) is 0 Å². The molecule has 0 spiro atoms. The molecule has 0 unspecified atom stereocenters. The second-order valence-electron chi connectivity index (χ2n) is 6.78. The van der Waals surface area contributed by atoms with E-state index in [0.717, 1.165) is 21.5 Å². The third kappa shape index (κ3) is 3.90. The van der Waals surface area contributed by atoms with Gasteiger partial charge in [0.15, 0.2) is 5.82 Å². The molecule has 0 fully saturated rings. The smallest absolute Gasteiger partial charge is 0.264 e. The number of aromatic nitrogens is 4. The summed E-state index contributed by atoms with van der Waals surface area (Å²) in [6.07, 6.45) is 0.693. The van der Waals surface area contributed by atoms with Gasteiger partial charge in [-0.3, -0.25) is 9.48 Å². The van der Waals surface area contributed by atoms with Crippen molar-refractivity contribution in [2.75, 3.05) is 7.05 Å². The lowest BCUT2D eigenvalue weighted by molar-refractivity contribution is 0.0774. The summed E-state index contributed by atoms with van der Waals surface area (Å²) >= 11 is 7.73. The normalized spacial score (nSPS) is 11.3. The number of hydrogen-bond donors (Lipinski definition) is 0. The highest BCUT2D eigenvalue weighted by Gasteiger charge is 2.21. The van der Waals surface area contributed by atoms with Crippen molar-refractivity contribution in [2.24, 2.45) is 0 Å². The van der Waals surface area contributed by atoms with Gasteiger partial charge in [-0.15, -0.1) is 11.3 Å². The molecule has 0 aliphatic rings. The first-order valence-corrected chi connectivity index (χ1v) is 10.4. The summed E-state index contributed by atoms with van der Waals surface area (Å²) in [4.78, 5) is 20.4. The molecule has 4 rings (SSSR count). The molecule has 0 N–H and O–H groups in total. The number of nitrogens with zero attached hydrogens (tertiary/aromatic N) is 5. The molecule has 0 aliphatic heterocycles. The van der Waals surface area contributed by atoms with Gasteiger partial charge in [-0.05, 0) is 24.6 Å². The average molecular weight is 430 g/mol. The van der Waals surface area contributed by atoms with E-state index in [2.05, 4.69) is 15.2 Å². The lowest BCUT2D eigenvalue weighted by atomic mass is 10.2. The van der Waals surface area contributed by atoms with Crippen LogP contribution in [0, 0.1) is 6.92 Å². The van der Waals surface area contributed by atoms with Crippen molar-refractivity contribution in [3.05, 3.63) is 63.2 Å². The number of halogens is 1. The Kier molecular flexibility index (Phi) is 5.38. The molecule has 7 nitrogen and oxygen atoms in total. The van der Waals surface area contributed by atoms with Crippen LogP contribution in [-0.2, 0) is 19.5 Å². The van der Waals surface area contributed by atoms with Crippen LogP contribution in [0.15, 0.2) is 34.9 Å². The van der Waals surface area contributed by atoms with E-state index in [0.29, 0.717) is 34.6 Å². The second kappa shape index (κ2) is 7.96. The average Bonchev–Trinajstić information content (AvgIpc) is 3.41. The maximum absolute atomic E-state index is 12.9. The first-order chi connectivity index (χ1) is 14.0. The highest BCUT2D eigenvalue weighted by atomic mass is 35.5. The van der Waals surface area contributed by atoms with Crippen molar-refractivity contribution in [2.45, 2.75) is 33.4 Å². The first-order valence-electron chi connectivity index (χ1n) is 9.23. The van der Waals surface area contributed by atoms with Gasteiger partial charge >= 0.3 is 0 Å². The van der Waals surface area contributed by atoms with E-state index in [4.69, 9.17) is 16.1 Å². The Morgan fingerprint density at radius 2 is 2.14 bits per heavy atom. The van der Waals surface area contributed by atoms with Crippen LogP contribution >= 0.6 is 22.9 Å². The molecular weight excluding hydrogens is 410 g/mol. The molecule has 29 heavy (non-hydrogen) atoms. The summed E-state index contributed by atoms with van der Waals surface area (Å²) in [7, 11) is 1.73. The van der Waals surface area contributed by atoms with Crippen LogP contribution in [0.3, 0.4) is 0 Å². The fraction of sp³-hybridized carbons (Fsp3) is 0.300. The van der Waals surface area contributed by atoms with Gasteiger partial charge in [-0.25, -0.2) is 0 Å². The zero-order valence-electron chi connectivity index (χ0n) is 16.3. The molecule has 0 saturated heterocycles. The number of benzene rings is 1. The van der Waals surface area contributed by atoms with Gasteiger partial charge < -0.3 is 9.42 Å². The van der Waals surface area contributed by atoms with E-state index in [9.17, 15) is 4.79 Å². The van der Waals surface area contributed by atoms with Gasteiger partial charge in [0.05, 0.1) is 17.1 Å². The minimum Gasteiger partial charge on any atom is -0.337 e. The molecule has 9 heteroatoms. The summed E-state index contributed by atoms with van der Waals surface area (Å²) in [5, 5.41) is 10.2. The third-order valence-corrected chi connectivity index (χ3v) is 6.15. The monoisotopic (exact) mass is 429 g/mol. The Hall–Kier alpha value is -2.71. The topological polar surface area (TPSA) is 77.0 Å². The number of carbonyl (C=O) groups is 1. The minimum absolute atomic E-state index is 0.0915. The van der Waals surface area contributed by atoms with Crippen LogP contribution in [0.1, 0.15) is 39.6 Å². The van der Waals surface area contributed by atoms with Crippen LogP contribution in [0.4, 0.5) is 0 Å². The fourth-order valence-electron chi connectivity index (χ4n) is 3.07. The first kappa shape index (κ1) is 19.6. The number of rotatable bonds is 6. The quantitative estimate of drug-likeness (QED) is 0.456. The van der Waals surface area contributed by atoms with E-state index in [-0.39, 0.29) is 12.5 Å². The summed E-state index contributed by atoms with van der Waals surface area (Å²) in [6, 6.07) is 9.60. The Balaban J connectivity index is 1.58. The second-order valence-corrected chi connectivity index (χ2v) is 8.22. The lowest BCUT2D eigenvalue weighted by Crippen LogP contribution is -2.25. The van der Waals surface area contributed by atoms with Gasteiger partial charge in [0, 0.05) is 23.9 Å². The number of fused-ring (bicyclic) bond motifs is 1. The van der Waals surface area contributed by atoms with E-state index < -0.39 is 0 Å². The lowest BCUT2D eigenvalue weighted by Gasteiger charge is -2.13. The van der Waals surface area contributed by atoms with Crippen molar-refractivity contribution in [1.82, 2.24) is 24.8 Å². The molecule has 3 heterocycles. The molecule has 0 radical (unpaired) electrons. The van der Waals surface area contributed by atoms with Crippen molar-refractivity contribution in [3.63, 3.8) is 0 Å². The molecule has 3 aromatic heterocycles. The summed E-state index contributed by atoms with van der Waals surface area (Å²) in [5.74, 6) is 0.976. The Labute approximate surface area is 176 Å². The van der Waals surface area contributed by atoms with Gasteiger partial charge in [-0.2, -0.15) is 10.1 Å².